The zero-order valence-electron chi connectivity index (χ0n) is 15.7. The quantitative estimate of drug-likeness (QED) is 0.863. The minimum Gasteiger partial charge on any atom is -0.391 e. The van der Waals surface area contributed by atoms with Crippen LogP contribution in [-0.2, 0) is 4.74 Å². The molecule has 0 saturated carbocycles. The summed E-state index contributed by atoms with van der Waals surface area (Å²) in [7, 11) is 0. The lowest BCUT2D eigenvalue weighted by atomic mass is 9.64. The summed E-state index contributed by atoms with van der Waals surface area (Å²) >= 11 is 0. The molecule has 0 aliphatic carbocycles. The van der Waals surface area contributed by atoms with Crippen LogP contribution in [0.4, 0.5) is 0 Å². The van der Waals surface area contributed by atoms with E-state index < -0.39 is 0 Å². The molecule has 3 aliphatic rings. The molecule has 3 rings (SSSR count). The Morgan fingerprint density at radius 3 is 2.43 bits per heavy atom. The lowest BCUT2D eigenvalue weighted by molar-refractivity contribution is -0.0845. The molecule has 0 amide bonds. The first-order valence-electron chi connectivity index (χ1n) is 9.61. The highest BCUT2D eigenvalue weighted by molar-refractivity contribution is 5.05. The van der Waals surface area contributed by atoms with Gasteiger partial charge in [0.25, 0.3) is 0 Å². The summed E-state index contributed by atoms with van der Waals surface area (Å²) in [6.07, 6.45) is 2.24. The van der Waals surface area contributed by atoms with Crippen LogP contribution in [0.25, 0.3) is 0 Å². The van der Waals surface area contributed by atoms with Gasteiger partial charge >= 0.3 is 0 Å². The van der Waals surface area contributed by atoms with Crippen molar-refractivity contribution in [3.63, 3.8) is 0 Å². The number of aliphatic hydroxyl groups excluding tert-OH is 1. The number of ether oxygens (including phenoxy) is 1. The van der Waals surface area contributed by atoms with Crippen LogP contribution in [-0.4, -0.2) is 72.0 Å². The molecule has 4 nitrogen and oxygen atoms in total. The van der Waals surface area contributed by atoms with Crippen LogP contribution in [0.3, 0.4) is 0 Å². The van der Waals surface area contributed by atoms with Gasteiger partial charge in [-0.3, -0.25) is 4.90 Å². The van der Waals surface area contributed by atoms with Crippen molar-refractivity contribution in [2.24, 2.45) is 17.3 Å². The second-order valence-corrected chi connectivity index (χ2v) is 8.78. The van der Waals surface area contributed by atoms with Gasteiger partial charge in [0, 0.05) is 43.7 Å². The Morgan fingerprint density at radius 1 is 1.13 bits per heavy atom. The van der Waals surface area contributed by atoms with Crippen molar-refractivity contribution in [1.82, 2.24) is 9.80 Å². The molecule has 3 heterocycles. The lowest BCUT2D eigenvalue weighted by Crippen LogP contribution is -2.50. The molecule has 1 N–H and O–H groups in total. The Hall–Kier alpha value is -0.160. The van der Waals surface area contributed by atoms with Crippen molar-refractivity contribution in [1.29, 1.82) is 0 Å². The average molecular weight is 325 g/mol. The van der Waals surface area contributed by atoms with Crippen molar-refractivity contribution in [2.45, 2.75) is 71.7 Å². The van der Waals surface area contributed by atoms with Crippen LogP contribution < -0.4 is 0 Å². The summed E-state index contributed by atoms with van der Waals surface area (Å²) in [6, 6.07) is 1.57. The zero-order valence-corrected chi connectivity index (χ0v) is 15.7. The van der Waals surface area contributed by atoms with E-state index in [-0.39, 0.29) is 6.10 Å². The lowest BCUT2D eigenvalue weighted by Gasteiger charge is -2.47. The van der Waals surface area contributed by atoms with Gasteiger partial charge in [0.1, 0.15) is 0 Å². The Labute approximate surface area is 142 Å². The van der Waals surface area contributed by atoms with Gasteiger partial charge < -0.3 is 14.7 Å². The van der Waals surface area contributed by atoms with Gasteiger partial charge in [0.15, 0.2) is 0 Å². The zero-order chi connectivity index (χ0) is 16.8. The molecule has 0 aromatic carbocycles. The maximum atomic E-state index is 10.8. The minimum atomic E-state index is -0.205. The Morgan fingerprint density at radius 2 is 1.87 bits per heavy atom. The topological polar surface area (TPSA) is 35.9 Å². The molecule has 3 saturated heterocycles. The summed E-state index contributed by atoms with van der Waals surface area (Å²) in [5.74, 6) is 0.846. The number of rotatable bonds is 3. The molecule has 3 fully saturated rings. The molecule has 23 heavy (non-hydrogen) atoms. The molecule has 0 radical (unpaired) electrons. The fourth-order valence-electron chi connectivity index (χ4n) is 5.58. The molecule has 4 heteroatoms. The SMILES string of the molecule is CC(C)N1CCC2(CCOCC2C2[C@@H](O)CN(C(C)C)[C@H]2C)C1. The van der Waals surface area contributed by atoms with Crippen LogP contribution in [0.15, 0.2) is 0 Å². The van der Waals surface area contributed by atoms with Crippen LogP contribution in [0.5, 0.6) is 0 Å². The molecule has 3 unspecified atom stereocenters. The average Bonchev–Trinajstić information content (AvgIpc) is 3.03. The summed E-state index contributed by atoms with van der Waals surface area (Å²) in [5, 5.41) is 10.8. The fourth-order valence-corrected chi connectivity index (χ4v) is 5.58. The minimum absolute atomic E-state index is 0.205. The van der Waals surface area contributed by atoms with E-state index in [1.165, 1.54) is 25.9 Å². The molecular formula is C19H36N2O2. The first kappa shape index (κ1) is 17.7. The standard InChI is InChI=1S/C19H36N2O2/c1-13(2)20-8-6-19(12-20)7-9-23-11-16(19)18-15(5)21(14(3)4)10-17(18)22/h13-18,22H,6-12H2,1-5H3/t15-,16?,17-,18?,19?/m0/s1. The predicted octanol–water partition coefficient (Wildman–Crippen LogP) is 2.21. The first-order chi connectivity index (χ1) is 10.9. The summed E-state index contributed by atoms with van der Waals surface area (Å²) < 4.78 is 5.92. The molecule has 5 atom stereocenters. The molecule has 0 aromatic rings. The molecule has 0 aromatic heterocycles. The molecule has 0 bridgehead atoms. The Balaban J connectivity index is 1.82. The van der Waals surface area contributed by atoms with E-state index in [0.29, 0.717) is 35.4 Å². The van der Waals surface area contributed by atoms with Crippen molar-refractivity contribution in [2.75, 3.05) is 32.8 Å². The maximum absolute atomic E-state index is 10.8. The Bertz CT molecular complexity index is 414. The third-order valence-electron chi connectivity index (χ3n) is 7.02. The van der Waals surface area contributed by atoms with Crippen molar-refractivity contribution >= 4 is 0 Å². The largest absolute Gasteiger partial charge is 0.391 e. The first-order valence-corrected chi connectivity index (χ1v) is 9.61. The molecule has 134 valence electrons. The second-order valence-electron chi connectivity index (χ2n) is 8.78. The monoisotopic (exact) mass is 324 g/mol. The molecule has 3 aliphatic heterocycles. The normalized spacial score (nSPS) is 43.3. The molecule has 1 spiro atoms. The van der Waals surface area contributed by atoms with Crippen molar-refractivity contribution in [3.8, 4) is 0 Å². The number of hydrogen-bond acceptors (Lipinski definition) is 4. The second kappa shape index (κ2) is 6.62. The van der Waals surface area contributed by atoms with E-state index in [1.807, 2.05) is 0 Å². The van der Waals surface area contributed by atoms with Crippen LogP contribution in [0.2, 0.25) is 0 Å². The highest BCUT2D eigenvalue weighted by atomic mass is 16.5. The van der Waals surface area contributed by atoms with Gasteiger partial charge in [-0.15, -0.1) is 0 Å². The summed E-state index contributed by atoms with van der Waals surface area (Å²) in [4.78, 5) is 5.11. The van der Waals surface area contributed by atoms with E-state index in [9.17, 15) is 5.11 Å². The maximum Gasteiger partial charge on any atom is 0.0714 e. The summed E-state index contributed by atoms with van der Waals surface area (Å²) in [5.41, 5.74) is 0.357. The van der Waals surface area contributed by atoms with Gasteiger partial charge in [-0.2, -0.15) is 0 Å². The van der Waals surface area contributed by atoms with Crippen LogP contribution in [0, 0.1) is 17.3 Å². The van der Waals surface area contributed by atoms with E-state index in [4.69, 9.17) is 4.74 Å². The van der Waals surface area contributed by atoms with Crippen molar-refractivity contribution < 1.29 is 9.84 Å². The van der Waals surface area contributed by atoms with E-state index in [0.717, 1.165) is 19.8 Å². The van der Waals surface area contributed by atoms with Gasteiger partial charge in [-0.1, -0.05) is 0 Å². The van der Waals surface area contributed by atoms with Gasteiger partial charge in [0.05, 0.1) is 12.7 Å². The summed E-state index contributed by atoms with van der Waals surface area (Å²) in [6.45, 7) is 16.4. The number of aliphatic hydroxyl groups is 1. The number of nitrogens with zero attached hydrogens (tertiary/aromatic N) is 2. The highest BCUT2D eigenvalue weighted by Gasteiger charge is 2.54. The predicted molar refractivity (Wildman–Crippen MR) is 93.5 cm³/mol. The fraction of sp³-hybridized carbons (Fsp3) is 1.00. The van der Waals surface area contributed by atoms with Crippen LogP contribution >= 0.6 is 0 Å². The number of β-amino-alcohol motifs (C(OH)–C–C–N with tert-alkyl or cyclic N) is 1. The Kier molecular flexibility index (Phi) is 5.09. The molecular weight excluding hydrogens is 288 g/mol. The van der Waals surface area contributed by atoms with E-state index in [2.05, 4.69) is 44.4 Å². The third kappa shape index (κ3) is 3.08. The van der Waals surface area contributed by atoms with Crippen molar-refractivity contribution in [3.05, 3.63) is 0 Å². The number of hydrogen-bond donors (Lipinski definition) is 1. The van der Waals surface area contributed by atoms with Gasteiger partial charge in [0.2, 0.25) is 0 Å². The van der Waals surface area contributed by atoms with Gasteiger partial charge in [-0.05, 0) is 65.3 Å². The van der Waals surface area contributed by atoms with E-state index in [1.54, 1.807) is 0 Å². The smallest absolute Gasteiger partial charge is 0.0714 e. The van der Waals surface area contributed by atoms with E-state index >= 15 is 0 Å². The highest BCUT2D eigenvalue weighted by Crippen LogP contribution is 2.50. The number of likely N-dealkylation sites (tertiary alicyclic amines) is 2. The van der Waals surface area contributed by atoms with Gasteiger partial charge in [-0.25, -0.2) is 0 Å². The van der Waals surface area contributed by atoms with Crippen LogP contribution in [0.1, 0.15) is 47.5 Å². The third-order valence-corrected chi connectivity index (χ3v) is 7.02.